The summed E-state index contributed by atoms with van der Waals surface area (Å²) >= 11 is 0. The van der Waals surface area contributed by atoms with Crippen molar-refractivity contribution in [3.05, 3.63) is 23.8 Å². The molecule has 14 heavy (non-hydrogen) atoms. The molecule has 82 valence electrons. The van der Waals surface area contributed by atoms with Crippen LogP contribution in [0.4, 0.5) is 0 Å². The minimum atomic E-state index is 0.855. The molecule has 0 bridgehead atoms. The molecule has 0 unspecified atom stereocenters. The van der Waals surface area contributed by atoms with Gasteiger partial charge in [0, 0.05) is 0 Å². The number of allylic oxidation sites excluding steroid dienone is 4. The van der Waals surface area contributed by atoms with Crippen molar-refractivity contribution in [3.63, 3.8) is 0 Å². The van der Waals surface area contributed by atoms with Gasteiger partial charge in [-0.3, -0.25) is 0 Å². The van der Waals surface area contributed by atoms with Crippen LogP contribution in [0.15, 0.2) is 23.8 Å². The Kier molecular flexibility index (Phi) is 10.1. The average molecular weight is 195 g/mol. The van der Waals surface area contributed by atoms with Crippen molar-refractivity contribution in [1.82, 2.24) is 0 Å². The number of rotatable bonds is 4. The predicted molar refractivity (Wildman–Crippen MR) is 65.3 cm³/mol. The quantitative estimate of drug-likeness (QED) is 0.678. The van der Waals surface area contributed by atoms with E-state index >= 15 is 0 Å². The lowest BCUT2D eigenvalue weighted by molar-refractivity contribution is 0.727. The molecule has 1 aliphatic carbocycles. The van der Waals surface area contributed by atoms with Crippen LogP contribution in [0.2, 0.25) is 0 Å². The summed E-state index contributed by atoms with van der Waals surface area (Å²) in [6.07, 6.45) is 14.2. The summed E-state index contributed by atoms with van der Waals surface area (Å²) in [7, 11) is 0. The van der Waals surface area contributed by atoms with E-state index in [4.69, 9.17) is 5.73 Å². The van der Waals surface area contributed by atoms with Crippen LogP contribution in [-0.2, 0) is 0 Å². The van der Waals surface area contributed by atoms with Crippen LogP contribution in [0.25, 0.3) is 0 Å². The van der Waals surface area contributed by atoms with Gasteiger partial charge in [0.1, 0.15) is 0 Å². The molecule has 0 atom stereocenters. The lowest BCUT2D eigenvalue weighted by Gasteiger charge is -2.01. The predicted octanol–water partition coefficient (Wildman–Crippen LogP) is 3.81. The third kappa shape index (κ3) is 8.06. The second-order valence-corrected chi connectivity index (χ2v) is 3.61. The van der Waals surface area contributed by atoms with E-state index in [1.807, 2.05) is 0 Å². The van der Waals surface area contributed by atoms with Crippen LogP contribution in [-0.4, -0.2) is 6.54 Å². The van der Waals surface area contributed by atoms with Gasteiger partial charge in [0.15, 0.2) is 0 Å². The van der Waals surface area contributed by atoms with Gasteiger partial charge in [0.05, 0.1) is 0 Å². The van der Waals surface area contributed by atoms with Crippen LogP contribution in [0.1, 0.15) is 52.4 Å². The Bertz CT molecular complexity index is 164. The summed E-state index contributed by atoms with van der Waals surface area (Å²) in [6.45, 7) is 5.23. The molecule has 0 aromatic carbocycles. The Labute approximate surface area is 89.1 Å². The Hall–Kier alpha value is -0.560. The second-order valence-electron chi connectivity index (χ2n) is 3.61. The first kappa shape index (κ1) is 13.4. The fourth-order valence-corrected chi connectivity index (χ4v) is 1.32. The highest BCUT2D eigenvalue weighted by atomic mass is 14.5. The molecule has 2 N–H and O–H groups in total. The molecule has 1 rings (SSSR count). The largest absolute Gasteiger partial charge is 0.330 e. The summed E-state index contributed by atoms with van der Waals surface area (Å²) in [4.78, 5) is 0. The highest BCUT2D eigenvalue weighted by Gasteiger charge is 1.90. The second kappa shape index (κ2) is 10.5. The van der Waals surface area contributed by atoms with Gasteiger partial charge in [0.2, 0.25) is 0 Å². The monoisotopic (exact) mass is 195 g/mol. The molecule has 0 saturated carbocycles. The van der Waals surface area contributed by atoms with Gasteiger partial charge in [-0.2, -0.15) is 0 Å². The Morgan fingerprint density at radius 3 is 2.29 bits per heavy atom. The molecule has 1 heteroatoms. The van der Waals surface area contributed by atoms with E-state index in [9.17, 15) is 0 Å². The van der Waals surface area contributed by atoms with Crippen LogP contribution in [0.5, 0.6) is 0 Å². The van der Waals surface area contributed by atoms with Gasteiger partial charge in [-0.25, -0.2) is 0 Å². The molecule has 0 fully saturated rings. The van der Waals surface area contributed by atoms with Crippen LogP contribution in [0, 0.1) is 0 Å². The molecular weight excluding hydrogens is 170 g/mol. The zero-order chi connectivity index (χ0) is 10.6. The van der Waals surface area contributed by atoms with Gasteiger partial charge in [-0.15, -0.1) is 0 Å². The molecule has 1 aliphatic rings. The number of nitrogens with two attached hydrogens (primary N) is 1. The molecule has 0 saturated heterocycles. The Morgan fingerprint density at radius 1 is 1.21 bits per heavy atom. The topological polar surface area (TPSA) is 26.0 Å². The maximum Gasteiger partial charge on any atom is -0.00773 e. The van der Waals surface area contributed by atoms with E-state index in [0.717, 1.165) is 6.54 Å². The first-order chi connectivity index (χ1) is 6.85. The molecule has 0 aromatic rings. The zero-order valence-electron chi connectivity index (χ0n) is 9.76. The van der Waals surface area contributed by atoms with E-state index in [0.29, 0.717) is 0 Å². The Balaban J connectivity index is 0.000000255. The van der Waals surface area contributed by atoms with Crippen molar-refractivity contribution in [3.8, 4) is 0 Å². The molecule has 0 aliphatic heterocycles. The number of hydrogen-bond donors (Lipinski definition) is 1. The first-order valence-electron chi connectivity index (χ1n) is 5.90. The first-order valence-corrected chi connectivity index (χ1v) is 5.90. The van der Waals surface area contributed by atoms with Crippen molar-refractivity contribution < 1.29 is 0 Å². The van der Waals surface area contributed by atoms with Gasteiger partial charge in [-0.05, 0) is 32.2 Å². The maximum absolute atomic E-state index is 5.21. The summed E-state index contributed by atoms with van der Waals surface area (Å²) in [5, 5.41) is 0. The summed E-state index contributed by atoms with van der Waals surface area (Å²) in [5.41, 5.74) is 6.71. The SMILES string of the molecule is CCC1=CCCC=C1.CCCCCN. The summed E-state index contributed by atoms with van der Waals surface area (Å²) in [6, 6.07) is 0. The lowest BCUT2D eigenvalue weighted by Crippen LogP contribution is -1.96. The highest BCUT2D eigenvalue weighted by molar-refractivity contribution is 5.21. The van der Waals surface area contributed by atoms with Crippen LogP contribution >= 0.6 is 0 Å². The number of unbranched alkanes of at least 4 members (excludes halogenated alkanes) is 2. The summed E-state index contributed by atoms with van der Waals surface area (Å²) in [5.74, 6) is 0. The molecule has 0 aromatic heterocycles. The van der Waals surface area contributed by atoms with Crippen LogP contribution in [0.3, 0.4) is 0 Å². The molecule has 0 radical (unpaired) electrons. The maximum atomic E-state index is 5.21. The smallest absolute Gasteiger partial charge is 0.00773 e. The molecule has 0 spiro atoms. The van der Waals surface area contributed by atoms with Gasteiger partial charge in [0.25, 0.3) is 0 Å². The minimum absolute atomic E-state index is 0.855. The molecular formula is C13H25N. The van der Waals surface area contributed by atoms with Crippen LogP contribution < -0.4 is 5.73 Å². The fourth-order valence-electron chi connectivity index (χ4n) is 1.32. The lowest BCUT2D eigenvalue weighted by atomic mass is 10.1. The van der Waals surface area contributed by atoms with E-state index < -0.39 is 0 Å². The van der Waals surface area contributed by atoms with E-state index in [2.05, 4.69) is 32.1 Å². The zero-order valence-corrected chi connectivity index (χ0v) is 9.76. The normalized spacial score (nSPS) is 14.4. The number of hydrogen-bond acceptors (Lipinski definition) is 1. The molecule has 0 heterocycles. The fraction of sp³-hybridized carbons (Fsp3) is 0.692. The van der Waals surface area contributed by atoms with Gasteiger partial charge < -0.3 is 5.73 Å². The standard InChI is InChI=1S/C8H12.C5H13N/c1-2-8-6-4-3-5-7-8;1-2-3-4-5-6/h4,6-7H,2-3,5H2,1H3;2-6H2,1H3. The third-order valence-corrected chi connectivity index (χ3v) is 2.29. The minimum Gasteiger partial charge on any atom is -0.330 e. The highest BCUT2D eigenvalue weighted by Crippen LogP contribution is 2.11. The average Bonchev–Trinajstić information content (AvgIpc) is 2.28. The van der Waals surface area contributed by atoms with Crippen molar-refractivity contribution in [2.24, 2.45) is 5.73 Å². The molecule has 1 nitrogen and oxygen atoms in total. The van der Waals surface area contributed by atoms with E-state index in [-0.39, 0.29) is 0 Å². The van der Waals surface area contributed by atoms with Crippen molar-refractivity contribution in [1.29, 1.82) is 0 Å². The van der Waals surface area contributed by atoms with Crippen molar-refractivity contribution in [2.45, 2.75) is 52.4 Å². The van der Waals surface area contributed by atoms with E-state index in [1.165, 1.54) is 44.1 Å². The summed E-state index contributed by atoms with van der Waals surface area (Å²) < 4.78 is 0. The van der Waals surface area contributed by atoms with Gasteiger partial charge >= 0.3 is 0 Å². The third-order valence-electron chi connectivity index (χ3n) is 2.29. The van der Waals surface area contributed by atoms with Crippen molar-refractivity contribution in [2.75, 3.05) is 6.54 Å². The van der Waals surface area contributed by atoms with Crippen molar-refractivity contribution >= 4 is 0 Å². The van der Waals surface area contributed by atoms with Gasteiger partial charge in [-0.1, -0.05) is 50.5 Å². The molecule has 0 amide bonds. The van der Waals surface area contributed by atoms with E-state index in [1.54, 1.807) is 0 Å². The Morgan fingerprint density at radius 2 is 2.00 bits per heavy atom.